The van der Waals surface area contributed by atoms with Crippen LogP contribution in [-0.2, 0) is 14.2 Å². The molecule has 0 aromatic rings. The number of hydrogen-bond acceptors (Lipinski definition) is 5. The SMILES string of the molecule is CCOCCOCC(O)CNCC1(C)CCCO1. The lowest BCUT2D eigenvalue weighted by molar-refractivity contribution is -0.00147. The highest BCUT2D eigenvalue weighted by atomic mass is 16.5. The van der Waals surface area contributed by atoms with Crippen LogP contribution >= 0.6 is 0 Å². The Morgan fingerprint density at radius 3 is 2.83 bits per heavy atom. The highest BCUT2D eigenvalue weighted by Crippen LogP contribution is 2.23. The first kappa shape index (κ1) is 15.9. The van der Waals surface area contributed by atoms with E-state index in [2.05, 4.69) is 12.2 Å². The molecule has 2 unspecified atom stereocenters. The standard InChI is InChI=1S/C13H27NO4/c1-3-16-7-8-17-10-12(15)9-14-11-13(2)5-4-6-18-13/h12,14-15H,3-11H2,1-2H3. The summed E-state index contributed by atoms with van der Waals surface area (Å²) in [7, 11) is 0. The number of nitrogens with one attached hydrogen (secondary N) is 1. The first-order valence-corrected chi connectivity index (χ1v) is 6.84. The topological polar surface area (TPSA) is 60.0 Å². The van der Waals surface area contributed by atoms with E-state index in [1.807, 2.05) is 6.92 Å². The Morgan fingerprint density at radius 2 is 2.17 bits per heavy atom. The van der Waals surface area contributed by atoms with Crippen LogP contribution in [0, 0.1) is 0 Å². The van der Waals surface area contributed by atoms with Crippen molar-refractivity contribution < 1.29 is 19.3 Å². The van der Waals surface area contributed by atoms with Gasteiger partial charge >= 0.3 is 0 Å². The minimum Gasteiger partial charge on any atom is -0.389 e. The second-order valence-corrected chi connectivity index (χ2v) is 4.96. The van der Waals surface area contributed by atoms with Crippen LogP contribution in [0.2, 0.25) is 0 Å². The summed E-state index contributed by atoms with van der Waals surface area (Å²) >= 11 is 0. The van der Waals surface area contributed by atoms with E-state index in [0.29, 0.717) is 33.0 Å². The summed E-state index contributed by atoms with van der Waals surface area (Å²) in [5.41, 5.74) is -0.0600. The molecule has 1 rings (SSSR count). The Kier molecular flexibility index (Phi) is 7.77. The Hall–Kier alpha value is -0.200. The molecule has 0 aliphatic carbocycles. The van der Waals surface area contributed by atoms with Gasteiger partial charge in [0.15, 0.2) is 0 Å². The lowest BCUT2D eigenvalue weighted by Gasteiger charge is -2.24. The molecule has 5 heteroatoms. The first-order chi connectivity index (χ1) is 8.66. The molecule has 5 nitrogen and oxygen atoms in total. The largest absolute Gasteiger partial charge is 0.389 e. The Morgan fingerprint density at radius 1 is 1.39 bits per heavy atom. The fourth-order valence-electron chi connectivity index (χ4n) is 2.02. The molecule has 18 heavy (non-hydrogen) atoms. The van der Waals surface area contributed by atoms with E-state index in [0.717, 1.165) is 26.0 Å². The van der Waals surface area contributed by atoms with Gasteiger partial charge in [-0.05, 0) is 26.7 Å². The van der Waals surface area contributed by atoms with E-state index >= 15 is 0 Å². The summed E-state index contributed by atoms with van der Waals surface area (Å²) in [5.74, 6) is 0. The van der Waals surface area contributed by atoms with E-state index in [9.17, 15) is 5.11 Å². The number of ether oxygens (including phenoxy) is 3. The Labute approximate surface area is 110 Å². The molecule has 1 heterocycles. The molecule has 0 radical (unpaired) electrons. The molecule has 1 aliphatic rings. The lowest BCUT2D eigenvalue weighted by Crippen LogP contribution is -2.41. The summed E-state index contributed by atoms with van der Waals surface area (Å²) in [4.78, 5) is 0. The molecule has 0 bridgehead atoms. The van der Waals surface area contributed by atoms with E-state index in [4.69, 9.17) is 14.2 Å². The average molecular weight is 261 g/mol. The molecule has 1 aliphatic heterocycles. The maximum absolute atomic E-state index is 9.69. The third kappa shape index (κ3) is 6.66. The van der Waals surface area contributed by atoms with Gasteiger partial charge < -0.3 is 24.6 Å². The molecule has 0 aromatic carbocycles. The first-order valence-electron chi connectivity index (χ1n) is 6.84. The molecule has 0 amide bonds. The number of aliphatic hydroxyl groups excluding tert-OH is 1. The van der Waals surface area contributed by atoms with Crippen molar-refractivity contribution in [2.75, 3.05) is 46.1 Å². The van der Waals surface area contributed by atoms with E-state index in [1.54, 1.807) is 0 Å². The average Bonchev–Trinajstić information content (AvgIpc) is 2.76. The molecular formula is C13H27NO4. The fourth-order valence-corrected chi connectivity index (χ4v) is 2.02. The van der Waals surface area contributed by atoms with Crippen LogP contribution in [0.15, 0.2) is 0 Å². The van der Waals surface area contributed by atoms with Crippen LogP contribution in [0.1, 0.15) is 26.7 Å². The van der Waals surface area contributed by atoms with Crippen LogP contribution in [0.5, 0.6) is 0 Å². The van der Waals surface area contributed by atoms with Gasteiger partial charge in [-0.25, -0.2) is 0 Å². The molecule has 2 N–H and O–H groups in total. The van der Waals surface area contributed by atoms with E-state index < -0.39 is 6.10 Å². The maximum atomic E-state index is 9.69. The monoisotopic (exact) mass is 261 g/mol. The minimum absolute atomic E-state index is 0.0600. The third-order valence-electron chi connectivity index (χ3n) is 3.07. The zero-order valence-corrected chi connectivity index (χ0v) is 11.6. The van der Waals surface area contributed by atoms with Crippen molar-refractivity contribution in [1.82, 2.24) is 5.32 Å². The second kappa shape index (κ2) is 8.82. The molecule has 108 valence electrons. The summed E-state index contributed by atoms with van der Waals surface area (Å²) in [5, 5.41) is 12.9. The smallest absolute Gasteiger partial charge is 0.0897 e. The number of rotatable bonds is 10. The van der Waals surface area contributed by atoms with Crippen molar-refractivity contribution in [2.45, 2.75) is 38.4 Å². The Balaban J connectivity index is 1.94. The van der Waals surface area contributed by atoms with Crippen molar-refractivity contribution in [3.05, 3.63) is 0 Å². The van der Waals surface area contributed by atoms with E-state index in [-0.39, 0.29) is 5.60 Å². The molecule has 0 saturated carbocycles. The maximum Gasteiger partial charge on any atom is 0.0897 e. The normalized spacial score (nSPS) is 25.5. The zero-order valence-electron chi connectivity index (χ0n) is 11.6. The van der Waals surface area contributed by atoms with Crippen LogP contribution in [0.3, 0.4) is 0 Å². The van der Waals surface area contributed by atoms with Gasteiger partial charge in [0.05, 0.1) is 31.5 Å². The van der Waals surface area contributed by atoms with Crippen LogP contribution in [0.4, 0.5) is 0 Å². The highest BCUT2D eigenvalue weighted by molar-refractivity contribution is 4.82. The van der Waals surface area contributed by atoms with Gasteiger partial charge in [0.2, 0.25) is 0 Å². The lowest BCUT2D eigenvalue weighted by atomic mass is 10.0. The highest BCUT2D eigenvalue weighted by Gasteiger charge is 2.29. The van der Waals surface area contributed by atoms with Gasteiger partial charge in [0, 0.05) is 26.3 Å². The second-order valence-electron chi connectivity index (χ2n) is 4.96. The van der Waals surface area contributed by atoms with Gasteiger partial charge in [-0.2, -0.15) is 0 Å². The van der Waals surface area contributed by atoms with E-state index in [1.165, 1.54) is 0 Å². The predicted molar refractivity (Wildman–Crippen MR) is 69.8 cm³/mol. The van der Waals surface area contributed by atoms with Crippen LogP contribution in [0.25, 0.3) is 0 Å². The van der Waals surface area contributed by atoms with Crippen molar-refractivity contribution in [2.24, 2.45) is 0 Å². The van der Waals surface area contributed by atoms with Crippen molar-refractivity contribution in [1.29, 1.82) is 0 Å². The molecule has 0 spiro atoms. The fraction of sp³-hybridized carbons (Fsp3) is 1.00. The number of aliphatic hydroxyl groups is 1. The van der Waals surface area contributed by atoms with Crippen molar-refractivity contribution in [3.8, 4) is 0 Å². The van der Waals surface area contributed by atoms with Crippen molar-refractivity contribution >= 4 is 0 Å². The molecule has 0 aromatic heterocycles. The Bertz CT molecular complexity index is 207. The molecular weight excluding hydrogens is 234 g/mol. The summed E-state index contributed by atoms with van der Waals surface area (Å²) in [6.45, 7) is 8.39. The third-order valence-corrected chi connectivity index (χ3v) is 3.07. The quantitative estimate of drug-likeness (QED) is 0.563. The molecule has 2 atom stereocenters. The predicted octanol–water partition coefficient (Wildman–Crippen LogP) is 0.559. The minimum atomic E-state index is -0.475. The van der Waals surface area contributed by atoms with Crippen molar-refractivity contribution in [3.63, 3.8) is 0 Å². The molecule has 1 fully saturated rings. The zero-order chi connectivity index (χ0) is 13.3. The summed E-state index contributed by atoms with van der Waals surface area (Å²) < 4.78 is 16.1. The summed E-state index contributed by atoms with van der Waals surface area (Å²) in [6.07, 6.45) is 1.74. The van der Waals surface area contributed by atoms with Gasteiger partial charge in [0.25, 0.3) is 0 Å². The number of hydrogen-bond donors (Lipinski definition) is 2. The van der Waals surface area contributed by atoms with Gasteiger partial charge in [-0.15, -0.1) is 0 Å². The summed E-state index contributed by atoms with van der Waals surface area (Å²) in [6, 6.07) is 0. The van der Waals surface area contributed by atoms with Crippen LogP contribution < -0.4 is 5.32 Å². The van der Waals surface area contributed by atoms with Gasteiger partial charge in [0.1, 0.15) is 0 Å². The van der Waals surface area contributed by atoms with Gasteiger partial charge in [-0.1, -0.05) is 0 Å². The van der Waals surface area contributed by atoms with Crippen LogP contribution in [-0.4, -0.2) is 62.9 Å². The molecule has 1 saturated heterocycles. The van der Waals surface area contributed by atoms with Gasteiger partial charge in [-0.3, -0.25) is 0 Å².